The summed E-state index contributed by atoms with van der Waals surface area (Å²) in [5.74, 6) is -1.92. The second kappa shape index (κ2) is 6.79. The highest BCUT2D eigenvalue weighted by Gasteiger charge is 2.26. The Balaban J connectivity index is 1.78. The molecule has 0 spiro atoms. The van der Waals surface area contributed by atoms with Gasteiger partial charge < -0.3 is 5.32 Å². The van der Waals surface area contributed by atoms with Gasteiger partial charge in [0.2, 0.25) is 10.0 Å². The molecule has 0 atom stereocenters. The summed E-state index contributed by atoms with van der Waals surface area (Å²) < 4.78 is 52.2. The molecule has 0 aliphatic carbocycles. The van der Waals surface area contributed by atoms with Gasteiger partial charge in [0.05, 0.1) is 17.1 Å². The molecule has 5 nitrogen and oxygen atoms in total. The van der Waals surface area contributed by atoms with E-state index in [-0.39, 0.29) is 17.0 Å². The van der Waals surface area contributed by atoms with Crippen LogP contribution in [0.3, 0.4) is 0 Å². The standard InChI is InChI=1S/C17H16F2N2O3S/c18-13-5-8-15(19)16(11-13)20-17(22)12-3-6-14(7-4-12)21-9-1-2-10-25(21,23)24/h3-8,11H,1-2,9-10H2,(H,20,22). The van der Waals surface area contributed by atoms with Gasteiger partial charge >= 0.3 is 0 Å². The average molecular weight is 366 g/mol. The minimum atomic E-state index is -3.33. The number of amides is 1. The summed E-state index contributed by atoms with van der Waals surface area (Å²) >= 11 is 0. The van der Waals surface area contributed by atoms with Gasteiger partial charge in [0.15, 0.2) is 0 Å². The lowest BCUT2D eigenvalue weighted by molar-refractivity contribution is 0.102. The van der Waals surface area contributed by atoms with Crippen molar-refractivity contribution in [2.45, 2.75) is 12.8 Å². The quantitative estimate of drug-likeness (QED) is 0.907. The molecule has 25 heavy (non-hydrogen) atoms. The molecule has 2 aromatic rings. The molecule has 0 radical (unpaired) electrons. The number of hydrogen-bond acceptors (Lipinski definition) is 3. The van der Waals surface area contributed by atoms with Crippen LogP contribution in [0, 0.1) is 11.6 Å². The van der Waals surface area contributed by atoms with Crippen molar-refractivity contribution in [3.63, 3.8) is 0 Å². The number of sulfonamides is 1. The Bertz CT molecular complexity index is 899. The summed E-state index contributed by atoms with van der Waals surface area (Å²) in [6, 6.07) is 8.73. The Kier molecular flexibility index (Phi) is 4.71. The molecule has 2 aromatic carbocycles. The third-order valence-electron chi connectivity index (χ3n) is 3.94. The number of rotatable bonds is 3. The van der Waals surface area contributed by atoms with Crippen LogP contribution in [0.15, 0.2) is 42.5 Å². The fourth-order valence-corrected chi connectivity index (χ4v) is 4.29. The summed E-state index contributed by atoms with van der Waals surface area (Å²) in [7, 11) is -3.33. The van der Waals surface area contributed by atoms with Gasteiger partial charge in [-0.2, -0.15) is 0 Å². The van der Waals surface area contributed by atoms with E-state index in [0.29, 0.717) is 18.7 Å². The van der Waals surface area contributed by atoms with Crippen LogP contribution >= 0.6 is 0 Å². The maximum absolute atomic E-state index is 13.6. The highest BCUT2D eigenvalue weighted by atomic mass is 32.2. The molecule has 0 unspecified atom stereocenters. The van der Waals surface area contributed by atoms with Crippen LogP contribution in [-0.4, -0.2) is 26.6 Å². The zero-order chi connectivity index (χ0) is 18.0. The lowest BCUT2D eigenvalue weighted by atomic mass is 10.2. The van der Waals surface area contributed by atoms with E-state index in [4.69, 9.17) is 0 Å². The Morgan fingerprint density at radius 1 is 1.04 bits per heavy atom. The van der Waals surface area contributed by atoms with Crippen LogP contribution in [0.1, 0.15) is 23.2 Å². The molecule has 8 heteroatoms. The third kappa shape index (κ3) is 3.79. The van der Waals surface area contributed by atoms with Gasteiger partial charge in [-0.05, 0) is 49.2 Å². The number of nitrogens with zero attached hydrogens (tertiary/aromatic N) is 1. The first-order valence-electron chi connectivity index (χ1n) is 7.74. The van der Waals surface area contributed by atoms with Crippen LogP contribution in [0.4, 0.5) is 20.2 Å². The van der Waals surface area contributed by atoms with Gasteiger partial charge in [-0.3, -0.25) is 9.10 Å². The number of carbonyl (C=O) groups excluding carboxylic acids is 1. The van der Waals surface area contributed by atoms with Crippen LogP contribution in [-0.2, 0) is 10.0 Å². The first-order chi connectivity index (χ1) is 11.9. The predicted molar refractivity (Wildman–Crippen MR) is 91.1 cm³/mol. The van der Waals surface area contributed by atoms with E-state index < -0.39 is 27.6 Å². The van der Waals surface area contributed by atoms with Gasteiger partial charge in [-0.15, -0.1) is 0 Å². The summed E-state index contributed by atoms with van der Waals surface area (Å²) in [5, 5.41) is 2.30. The smallest absolute Gasteiger partial charge is 0.255 e. The van der Waals surface area contributed by atoms with Crippen molar-refractivity contribution in [2.24, 2.45) is 0 Å². The topological polar surface area (TPSA) is 66.5 Å². The van der Waals surface area contributed by atoms with E-state index in [1.54, 1.807) is 0 Å². The average Bonchev–Trinajstić information content (AvgIpc) is 2.58. The largest absolute Gasteiger partial charge is 0.319 e. The first kappa shape index (κ1) is 17.3. The number of anilines is 2. The maximum Gasteiger partial charge on any atom is 0.255 e. The van der Waals surface area contributed by atoms with Crippen molar-refractivity contribution >= 4 is 27.3 Å². The number of hydrogen-bond donors (Lipinski definition) is 1. The fourth-order valence-electron chi connectivity index (χ4n) is 2.65. The molecule has 1 heterocycles. The lowest BCUT2D eigenvalue weighted by Crippen LogP contribution is -2.37. The fraction of sp³-hybridized carbons (Fsp3) is 0.235. The van der Waals surface area contributed by atoms with Crippen LogP contribution < -0.4 is 9.62 Å². The second-order valence-corrected chi connectivity index (χ2v) is 7.73. The van der Waals surface area contributed by atoms with E-state index >= 15 is 0 Å². The van der Waals surface area contributed by atoms with Crippen molar-refractivity contribution in [3.8, 4) is 0 Å². The van der Waals surface area contributed by atoms with E-state index in [2.05, 4.69) is 5.32 Å². The van der Waals surface area contributed by atoms with Crippen molar-refractivity contribution in [2.75, 3.05) is 21.9 Å². The van der Waals surface area contributed by atoms with Gasteiger partial charge in [0.1, 0.15) is 11.6 Å². The molecule has 1 amide bonds. The molecule has 0 aromatic heterocycles. The van der Waals surface area contributed by atoms with Crippen molar-refractivity contribution in [3.05, 3.63) is 59.7 Å². The van der Waals surface area contributed by atoms with Crippen LogP contribution in [0.2, 0.25) is 0 Å². The van der Waals surface area contributed by atoms with Crippen LogP contribution in [0.25, 0.3) is 0 Å². The highest BCUT2D eigenvalue weighted by Crippen LogP contribution is 2.24. The van der Waals surface area contributed by atoms with E-state index in [1.807, 2.05) is 0 Å². The molecule has 1 saturated heterocycles. The van der Waals surface area contributed by atoms with Crippen molar-refractivity contribution < 1.29 is 22.0 Å². The molecule has 1 aliphatic heterocycles. The summed E-state index contributed by atoms with van der Waals surface area (Å²) in [6.07, 6.45) is 1.42. The Morgan fingerprint density at radius 3 is 2.44 bits per heavy atom. The number of carbonyl (C=O) groups is 1. The van der Waals surface area contributed by atoms with E-state index in [0.717, 1.165) is 24.6 Å². The minimum absolute atomic E-state index is 0.105. The van der Waals surface area contributed by atoms with Gasteiger partial charge in [0.25, 0.3) is 5.91 Å². The highest BCUT2D eigenvalue weighted by molar-refractivity contribution is 7.92. The number of nitrogens with one attached hydrogen (secondary N) is 1. The van der Waals surface area contributed by atoms with Gasteiger partial charge in [-0.25, -0.2) is 17.2 Å². The lowest BCUT2D eigenvalue weighted by Gasteiger charge is -2.28. The minimum Gasteiger partial charge on any atom is -0.319 e. The molecule has 1 fully saturated rings. The zero-order valence-corrected chi connectivity index (χ0v) is 14.0. The van der Waals surface area contributed by atoms with Crippen molar-refractivity contribution in [1.82, 2.24) is 0 Å². The number of benzene rings is 2. The van der Waals surface area contributed by atoms with Gasteiger partial charge in [-0.1, -0.05) is 0 Å². The molecule has 0 bridgehead atoms. The SMILES string of the molecule is O=C(Nc1cc(F)ccc1F)c1ccc(N2CCCCS2(=O)=O)cc1. The van der Waals surface area contributed by atoms with E-state index in [1.165, 1.54) is 28.6 Å². The normalized spacial score (nSPS) is 16.5. The summed E-state index contributed by atoms with van der Waals surface area (Å²) in [5.41, 5.74) is 0.433. The summed E-state index contributed by atoms with van der Waals surface area (Å²) in [6.45, 7) is 0.405. The molecule has 1 N–H and O–H groups in total. The monoisotopic (exact) mass is 366 g/mol. The maximum atomic E-state index is 13.6. The van der Waals surface area contributed by atoms with Crippen molar-refractivity contribution in [1.29, 1.82) is 0 Å². The molecule has 132 valence electrons. The zero-order valence-electron chi connectivity index (χ0n) is 13.2. The molecule has 0 saturated carbocycles. The number of halogens is 2. The first-order valence-corrected chi connectivity index (χ1v) is 9.35. The molecular formula is C17H16F2N2O3S. The molecule has 1 aliphatic rings. The molecular weight excluding hydrogens is 350 g/mol. The summed E-state index contributed by atoms with van der Waals surface area (Å²) in [4.78, 5) is 12.2. The van der Waals surface area contributed by atoms with E-state index in [9.17, 15) is 22.0 Å². The molecule has 3 rings (SSSR count). The Labute approximate surface area is 144 Å². The predicted octanol–water partition coefficient (Wildman–Crippen LogP) is 3.15. The Hall–Kier alpha value is -2.48. The van der Waals surface area contributed by atoms with Gasteiger partial charge in [0, 0.05) is 18.2 Å². The second-order valence-electron chi connectivity index (χ2n) is 5.72. The third-order valence-corrected chi connectivity index (χ3v) is 5.81. The van der Waals surface area contributed by atoms with Crippen LogP contribution in [0.5, 0.6) is 0 Å². The Morgan fingerprint density at radius 2 is 1.76 bits per heavy atom.